The number of nitrogens with one attached hydrogen (secondary N) is 1. The molecule has 0 atom stereocenters. The maximum Gasteiger partial charge on any atom is 0.267 e. The van der Waals surface area contributed by atoms with E-state index in [0.717, 1.165) is 0 Å². The summed E-state index contributed by atoms with van der Waals surface area (Å²) in [6.07, 6.45) is 1.52. The minimum absolute atomic E-state index is 0.187. The summed E-state index contributed by atoms with van der Waals surface area (Å²) in [5, 5.41) is 8.52. The number of hydrogen-bond acceptors (Lipinski definition) is 5. The number of methoxy groups -OCH3 is 1. The van der Waals surface area contributed by atoms with Gasteiger partial charge in [-0.25, -0.2) is 0 Å². The van der Waals surface area contributed by atoms with E-state index < -0.39 is 0 Å². The summed E-state index contributed by atoms with van der Waals surface area (Å²) in [7, 11) is 3.25. The molecule has 0 saturated carbocycles. The molecule has 100 valence electrons. The Labute approximate surface area is 119 Å². The van der Waals surface area contributed by atoms with Gasteiger partial charge in [-0.1, -0.05) is 12.2 Å². The van der Waals surface area contributed by atoms with E-state index >= 15 is 0 Å². The summed E-state index contributed by atoms with van der Waals surface area (Å²) in [5.74, 6) is 0.869. The first-order chi connectivity index (χ1) is 9.02. The normalized spacial score (nSPS) is 10.2. The fourth-order valence-electron chi connectivity index (χ4n) is 1.48. The molecular weight excluding hydrogens is 284 g/mol. The summed E-state index contributed by atoms with van der Waals surface area (Å²) in [6.45, 7) is 0. The molecule has 0 aliphatic heterocycles. The van der Waals surface area contributed by atoms with Gasteiger partial charge >= 0.3 is 0 Å². The van der Waals surface area contributed by atoms with E-state index in [4.69, 9.17) is 22.7 Å². The van der Waals surface area contributed by atoms with Crippen LogP contribution < -0.4 is 15.8 Å². The van der Waals surface area contributed by atoms with Crippen molar-refractivity contribution in [2.24, 2.45) is 12.8 Å². The predicted molar refractivity (Wildman–Crippen MR) is 77.9 cm³/mol. The van der Waals surface area contributed by atoms with E-state index in [-0.39, 0.29) is 10.9 Å². The first-order valence-electron chi connectivity index (χ1n) is 5.28. The number of thiocarbonyl (C=S) groups is 1. The Bertz CT molecular complexity index is 632. The highest BCUT2D eigenvalue weighted by atomic mass is 32.1. The number of aryl methyl sites for hydroxylation is 1. The number of carbonyl (C=O) groups excluding carboxylic acids is 1. The average Bonchev–Trinajstić information content (AvgIpc) is 2.97. The Morgan fingerprint density at radius 3 is 2.95 bits per heavy atom. The highest BCUT2D eigenvalue weighted by Crippen LogP contribution is 2.23. The van der Waals surface area contributed by atoms with Crippen LogP contribution in [0, 0.1) is 0 Å². The molecule has 3 N–H and O–H groups in total. The van der Waals surface area contributed by atoms with Crippen LogP contribution in [0.2, 0.25) is 0 Å². The zero-order chi connectivity index (χ0) is 14.0. The minimum atomic E-state index is -0.255. The van der Waals surface area contributed by atoms with E-state index in [1.165, 1.54) is 22.2 Å². The van der Waals surface area contributed by atoms with Gasteiger partial charge in [0.05, 0.1) is 23.7 Å². The third-order valence-electron chi connectivity index (χ3n) is 2.47. The van der Waals surface area contributed by atoms with Crippen LogP contribution in [0.4, 0.5) is 5.82 Å². The molecule has 2 rings (SSSR count). The highest BCUT2D eigenvalue weighted by molar-refractivity contribution is 7.80. The molecule has 0 fully saturated rings. The van der Waals surface area contributed by atoms with Crippen LogP contribution in [-0.4, -0.2) is 27.8 Å². The fraction of sp³-hybridized carbons (Fsp3) is 0.182. The number of ether oxygens (including phenoxy) is 1. The number of nitrogens with two attached hydrogens (primary N) is 1. The van der Waals surface area contributed by atoms with Crippen molar-refractivity contribution in [3.63, 3.8) is 0 Å². The summed E-state index contributed by atoms with van der Waals surface area (Å²) in [4.78, 5) is 12.8. The lowest BCUT2D eigenvalue weighted by Gasteiger charge is -2.06. The monoisotopic (exact) mass is 296 g/mol. The Morgan fingerprint density at radius 2 is 2.37 bits per heavy atom. The van der Waals surface area contributed by atoms with Crippen LogP contribution in [0.15, 0.2) is 17.6 Å². The maximum absolute atomic E-state index is 12.1. The number of anilines is 1. The van der Waals surface area contributed by atoms with Gasteiger partial charge in [0.25, 0.3) is 5.91 Å². The van der Waals surface area contributed by atoms with Gasteiger partial charge < -0.3 is 15.8 Å². The zero-order valence-electron chi connectivity index (χ0n) is 10.3. The van der Waals surface area contributed by atoms with Crippen molar-refractivity contribution in [3.8, 4) is 5.75 Å². The summed E-state index contributed by atoms with van der Waals surface area (Å²) < 4.78 is 6.55. The van der Waals surface area contributed by atoms with Gasteiger partial charge in [-0.05, 0) is 0 Å². The molecule has 0 radical (unpaired) electrons. The molecule has 1 amide bonds. The van der Waals surface area contributed by atoms with Crippen molar-refractivity contribution >= 4 is 40.3 Å². The number of rotatable bonds is 4. The Hall–Kier alpha value is -1.93. The molecule has 2 aromatic rings. The molecule has 0 saturated heterocycles. The molecule has 2 aromatic heterocycles. The second-order valence-electron chi connectivity index (χ2n) is 3.70. The van der Waals surface area contributed by atoms with Crippen molar-refractivity contribution in [1.29, 1.82) is 0 Å². The van der Waals surface area contributed by atoms with E-state index in [1.54, 1.807) is 25.6 Å². The number of carbonyl (C=O) groups is 1. The molecular formula is C11H12N4O2S2. The molecule has 2 heterocycles. The fourth-order valence-corrected chi connectivity index (χ4v) is 2.38. The highest BCUT2D eigenvalue weighted by Gasteiger charge is 2.16. The predicted octanol–water partition coefficient (Wildman–Crippen LogP) is 1.38. The first-order valence-corrected chi connectivity index (χ1v) is 6.57. The van der Waals surface area contributed by atoms with E-state index in [0.29, 0.717) is 22.0 Å². The molecule has 0 bridgehead atoms. The van der Waals surface area contributed by atoms with Gasteiger partial charge in [0, 0.05) is 18.5 Å². The van der Waals surface area contributed by atoms with Crippen molar-refractivity contribution in [1.82, 2.24) is 9.78 Å². The number of nitrogens with zero attached hydrogens (tertiary/aromatic N) is 2. The van der Waals surface area contributed by atoms with Crippen molar-refractivity contribution in [3.05, 3.63) is 28.1 Å². The third-order valence-corrected chi connectivity index (χ3v) is 3.60. The van der Waals surface area contributed by atoms with Gasteiger partial charge in [-0.2, -0.15) is 5.10 Å². The van der Waals surface area contributed by atoms with Gasteiger partial charge in [0.15, 0.2) is 0 Å². The van der Waals surface area contributed by atoms with Crippen molar-refractivity contribution in [2.75, 3.05) is 12.4 Å². The number of hydrogen-bond donors (Lipinski definition) is 2. The molecule has 6 nitrogen and oxygen atoms in total. The van der Waals surface area contributed by atoms with Crippen LogP contribution in [0.1, 0.15) is 15.2 Å². The second-order valence-corrected chi connectivity index (χ2v) is 5.05. The summed E-state index contributed by atoms with van der Waals surface area (Å²) in [5.41, 5.74) is 6.11. The number of amides is 1. The lowest BCUT2D eigenvalue weighted by molar-refractivity contribution is 0.102. The van der Waals surface area contributed by atoms with Crippen LogP contribution in [0.5, 0.6) is 5.75 Å². The van der Waals surface area contributed by atoms with Crippen LogP contribution in [0.25, 0.3) is 0 Å². The molecule has 0 unspecified atom stereocenters. The van der Waals surface area contributed by atoms with Crippen LogP contribution >= 0.6 is 23.6 Å². The molecule has 19 heavy (non-hydrogen) atoms. The zero-order valence-corrected chi connectivity index (χ0v) is 12.0. The van der Waals surface area contributed by atoms with Crippen LogP contribution in [-0.2, 0) is 7.05 Å². The largest absolute Gasteiger partial charge is 0.496 e. The Kier molecular flexibility index (Phi) is 3.82. The van der Waals surface area contributed by atoms with E-state index in [9.17, 15) is 4.79 Å². The van der Waals surface area contributed by atoms with Gasteiger partial charge in [0.2, 0.25) is 0 Å². The van der Waals surface area contributed by atoms with Crippen molar-refractivity contribution < 1.29 is 9.53 Å². The Morgan fingerprint density at radius 1 is 1.63 bits per heavy atom. The topological polar surface area (TPSA) is 82.2 Å². The van der Waals surface area contributed by atoms with E-state index in [2.05, 4.69) is 10.4 Å². The quantitative estimate of drug-likeness (QED) is 0.833. The average molecular weight is 296 g/mol. The number of aromatic nitrogens is 2. The third kappa shape index (κ3) is 2.74. The SMILES string of the molecule is COc1csc(C(=O)Nc2c(C(N)=S)cnn2C)c1. The van der Waals surface area contributed by atoms with Gasteiger partial charge in [-0.15, -0.1) is 11.3 Å². The standard InChI is InChI=1S/C11H12N4O2S2/c1-15-10(7(4-13-15)9(12)18)14-11(16)8-3-6(17-2)5-19-8/h3-5H,1-2H3,(H2,12,18)(H,14,16). The van der Waals surface area contributed by atoms with E-state index in [1.807, 2.05) is 0 Å². The molecule has 0 aliphatic rings. The lowest BCUT2D eigenvalue weighted by Crippen LogP contribution is -2.18. The Balaban J connectivity index is 2.23. The maximum atomic E-state index is 12.1. The minimum Gasteiger partial charge on any atom is -0.496 e. The summed E-state index contributed by atoms with van der Waals surface area (Å²) in [6, 6.07) is 1.66. The van der Waals surface area contributed by atoms with Gasteiger partial charge in [0.1, 0.15) is 16.6 Å². The number of thiophene rings is 1. The second kappa shape index (κ2) is 5.37. The van der Waals surface area contributed by atoms with Crippen molar-refractivity contribution in [2.45, 2.75) is 0 Å². The van der Waals surface area contributed by atoms with Gasteiger partial charge in [-0.3, -0.25) is 9.48 Å². The molecule has 0 spiro atoms. The molecule has 0 aromatic carbocycles. The first kappa shape index (κ1) is 13.5. The summed E-state index contributed by atoms with van der Waals surface area (Å²) >= 11 is 6.20. The molecule has 8 heteroatoms. The smallest absolute Gasteiger partial charge is 0.267 e. The lowest BCUT2D eigenvalue weighted by atomic mass is 10.3. The van der Waals surface area contributed by atoms with Crippen LogP contribution in [0.3, 0.4) is 0 Å². The molecule has 0 aliphatic carbocycles.